The number of primary amides is 1. The van der Waals surface area contributed by atoms with Crippen LogP contribution in [0.25, 0.3) is 0 Å². The molecule has 3 N–H and O–H groups in total. The first-order valence-electron chi connectivity index (χ1n) is 8.67. The van der Waals surface area contributed by atoms with Crippen molar-refractivity contribution in [3.63, 3.8) is 0 Å². The van der Waals surface area contributed by atoms with Crippen molar-refractivity contribution in [1.82, 2.24) is 4.98 Å². The lowest BCUT2D eigenvalue weighted by atomic mass is 9.97. The Hall–Kier alpha value is -2.31. The van der Waals surface area contributed by atoms with Crippen LogP contribution in [0.4, 0.5) is 11.5 Å². The molecule has 0 aliphatic carbocycles. The maximum Gasteiger partial charge on any atom is 0.228 e. The molecule has 8 heteroatoms. The van der Waals surface area contributed by atoms with Crippen molar-refractivity contribution in [3.05, 3.63) is 52.1 Å². The molecule has 1 aromatic carbocycles. The molecule has 0 bridgehead atoms. The van der Waals surface area contributed by atoms with Gasteiger partial charge in [-0.2, -0.15) is 0 Å². The zero-order chi connectivity index (χ0) is 19.4. The van der Waals surface area contributed by atoms with Crippen LogP contribution >= 0.6 is 23.2 Å². The molecule has 0 radical (unpaired) electrons. The minimum atomic E-state index is -0.276. The molecule has 2 amide bonds. The number of amides is 2. The summed E-state index contributed by atoms with van der Waals surface area (Å²) < 4.78 is 0. The number of halogens is 2. The summed E-state index contributed by atoms with van der Waals surface area (Å²) in [5, 5.41) is 3.71. The van der Waals surface area contributed by atoms with Crippen LogP contribution in [0, 0.1) is 5.92 Å². The van der Waals surface area contributed by atoms with Crippen LogP contribution in [-0.2, 0) is 16.0 Å². The fourth-order valence-corrected chi connectivity index (χ4v) is 3.66. The van der Waals surface area contributed by atoms with Gasteiger partial charge in [-0.25, -0.2) is 4.98 Å². The van der Waals surface area contributed by atoms with Crippen LogP contribution in [0.2, 0.25) is 10.0 Å². The summed E-state index contributed by atoms with van der Waals surface area (Å²) >= 11 is 12.2. The second-order valence-corrected chi connectivity index (χ2v) is 7.33. The molecule has 2 heterocycles. The van der Waals surface area contributed by atoms with Gasteiger partial charge in [-0.1, -0.05) is 29.3 Å². The van der Waals surface area contributed by atoms with Gasteiger partial charge in [0, 0.05) is 23.1 Å². The number of carbonyl (C=O) groups excluding carboxylic acids is 2. The third-order valence-corrected chi connectivity index (χ3v) is 5.29. The number of benzene rings is 1. The van der Waals surface area contributed by atoms with Crippen molar-refractivity contribution in [1.29, 1.82) is 0 Å². The fourth-order valence-electron chi connectivity index (χ4n) is 3.13. The van der Waals surface area contributed by atoms with E-state index in [1.807, 2.05) is 11.0 Å². The van der Waals surface area contributed by atoms with E-state index in [2.05, 4.69) is 10.3 Å². The number of nitrogens with zero attached hydrogens (tertiary/aromatic N) is 2. The normalized spacial score (nSPS) is 16.8. The SMILES string of the molecule is NC(=O)C1CCCN(c2ccc(NC(=O)Cc3c(Cl)cccc3Cl)cn2)C1. The average Bonchev–Trinajstić information content (AvgIpc) is 2.65. The highest BCUT2D eigenvalue weighted by molar-refractivity contribution is 6.36. The average molecular weight is 407 g/mol. The number of rotatable bonds is 5. The van der Waals surface area contributed by atoms with Crippen LogP contribution < -0.4 is 16.0 Å². The summed E-state index contributed by atoms with van der Waals surface area (Å²) in [6.45, 7) is 1.40. The van der Waals surface area contributed by atoms with Gasteiger partial charge >= 0.3 is 0 Å². The highest BCUT2D eigenvalue weighted by Gasteiger charge is 2.24. The lowest BCUT2D eigenvalue weighted by Crippen LogP contribution is -2.41. The highest BCUT2D eigenvalue weighted by atomic mass is 35.5. The second-order valence-electron chi connectivity index (χ2n) is 6.52. The van der Waals surface area contributed by atoms with E-state index in [0.29, 0.717) is 27.8 Å². The Kier molecular flexibility index (Phi) is 6.19. The zero-order valence-electron chi connectivity index (χ0n) is 14.6. The summed E-state index contributed by atoms with van der Waals surface area (Å²) in [6, 6.07) is 8.73. The molecule has 1 saturated heterocycles. The first kappa shape index (κ1) is 19.5. The van der Waals surface area contributed by atoms with Gasteiger partial charge in [0.15, 0.2) is 0 Å². The summed E-state index contributed by atoms with van der Waals surface area (Å²) in [7, 11) is 0. The maximum atomic E-state index is 12.3. The molecule has 2 aromatic rings. The Morgan fingerprint density at radius 1 is 1.22 bits per heavy atom. The second kappa shape index (κ2) is 8.59. The number of aromatic nitrogens is 1. The molecule has 6 nitrogen and oxygen atoms in total. The minimum Gasteiger partial charge on any atom is -0.369 e. The minimum absolute atomic E-state index is 0.0761. The van der Waals surface area contributed by atoms with E-state index >= 15 is 0 Å². The van der Waals surface area contributed by atoms with E-state index in [-0.39, 0.29) is 24.2 Å². The Balaban J connectivity index is 1.62. The van der Waals surface area contributed by atoms with E-state index in [9.17, 15) is 9.59 Å². The standard InChI is InChI=1S/C19H20Cl2N4O2/c20-15-4-1-5-16(21)14(15)9-18(26)24-13-6-7-17(23-10-13)25-8-2-3-12(11-25)19(22)27/h1,4-7,10,12H,2-3,8-9,11H2,(H2,22,27)(H,24,26). The smallest absolute Gasteiger partial charge is 0.228 e. The quantitative estimate of drug-likeness (QED) is 0.797. The van der Waals surface area contributed by atoms with E-state index < -0.39 is 0 Å². The molecule has 1 unspecified atom stereocenters. The lowest BCUT2D eigenvalue weighted by molar-refractivity contribution is -0.122. The fraction of sp³-hybridized carbons (Fsp3) is 0.316. The van der Waals surface area contributed by atoms with Gasteiger partial charge in [-0.15, -0.1) is 0 Å². The van der Waals surface area contributed by atoms with Crippen molar-refractivity contribution in [2.75, 3.05) is 23.3 Å². The number of carbonyl (C=O) groups is 2. The number of hydrogen-bond donors (Lipinski definition) is 2. The molecule has 1 aliphatic rings. The molecule has 1 aliphatic heterocycles. The number of anilines is 2. The van der Waals surface area contributed by atoms with Crippen molar-refractivity contribution >= 4 is 46.5 Å². The first-order chi connectivity index (χ1) is 12.9. The number of nitrogens with two attached hydrogens (primary N) is 1. The predicted molar refractivity (Wildman–Crippen MR) is 107 cm³/mol. The Morgan fingerprint density at radius 3 is 2.59 bits per heavy atom. The van der Waals surface area contributed by atoms with Gasteiger partial charge in [0.25, 0.3) is 0 Å². The van der Waals surface area contributed by atoms with Gasteiger partial charge in [0.1, 0.15) is 5.82 Å². The molecular formula is C19H20Cl2N4O2. The van der Waals surface area contributed by atoms with Crippen LogP contribution in [0.5, 0.6) is 0 Å². The number of hydrogen-bond acceptors (Lipinski definition) is 4. The molecular weight excluding hydrogens is 387 g/mol. The van der Waals surface area contributed by atoms with E-state index in [0.717, 1.165) is 25.2 Å². The van der Waals surface area contributed by atoms with Crippen LogP contribution in [0.3, 0.4) is 0 Å². The molecule has 27 heavy (non-hydrogen) atoms. The maximum absolute atomic E-state index is 12.3. The molecule has 142 valence electrons. The van der Waals surface area contributed by atoms with Gasteiger partial charge in [-0.3, -0.25) is 9.59 Å². The van der Waals surface area contributed by atoms with Crippen LogP contribution in [0.1, 0.15) is 18.4 Å². The number of pyridine rings is 1. The van der Waals surface area contributed by atoms with Crippen LogP contribution in [0.15, 0.2) is 36.5 Å². The number of nitrogens with one attached hydrogen (secondary N) is 1. The molecule has 0 saturated carbocycles. The van der Waals surface area contributed by atoms with E-state index in [1.165, 1.54) is 0 Å². The largest absolute Gasteiger partial charge is 0.369 e. The van der Waals surface area contributed by atoms with E-state index in [1.54, 1.807) is 30.5 Å². The molecule has 3 rings (SSSR count). The molecule has 0 spiro atoms. The lowest BCUT2D eigenvalue weighted by Gasteiger charge is -2.32. The molecule has 1 aromatic heterocycles. The predicted octanol–water partition coefficient (Wildman–Crippen LogP) is 3.27. The monoisotopic (exact) mass is 406 g/mol. The van der Waals surface area contributed by atoms with Crippen molar-refractivity contribution < 1.29 is 9.59 Å². The van der Waals surface area contributed by atoms with Crippen molar-refractivity contribution in [3.8, 4) is 0 Å². The van der Waals surface area contributed by atoms with Gasteiger partial charge in [0.05, 0.1) is 24.2 Å². The Morgan fingerprint density at radius 2 is 1.96 bits per heavy atom. The van der Waals surface area contributed by atoms with Crippen molar-refractivity contribution in [2.24, 2.45) is 11.7 Å². The molecule has 1 fully saturated rings. The topological polar surface area (TPSA) is 88.3 Å². The van der Waals surface area contributed by atoms with Crippen LogP contribution in [-0.4, -0.2) is 29.9 Å². The van der Waals surface area contributed by atoms with Crippen molar-refractivity contribution in [2.45, 2.75) is 19.3 Å². The third kappa shape index (κ3) is 4.90. The summed E-state index contributed by atoms with van der Waals surface area (Å²) in [4.78, 5) is 30.1. The number of piperidine rings is 1. The zero-order valence-corrected chi connectivity index (χ0v) is 16.1. The summed E-state index contributed by atoms with van der Waals surface area (Å²) in [5.74, 6) is 0.0986. The summed E-state index contributed by atoms with van der Waals surface area (Å²) in [5.41, 5.74) is 6.59. The Labute approximate surface area is 167 Å². The van der Waals surface area contributed by atoms with Gasteiger partial charge in [-0.05, 0) is 42.7 Å². The first-order valence-corrected chi connectivity index (χ1v) is 9.42. The Bertz CT molecular complexity index is 822. The van der Waals surface area contributed by atoms with E-state index in [4.69, 9.17) is 28.9 Å². The highest BCUT2D eigenvalue weighted by Crippen LogP contribution is 2.25. The third-order valence-electron chi connectivity index (χ3n) is 4.58. The summed E-state index contributed by atoms with van der Waals surface area (Å²) in [6.07, 6.45) is 3.37. The van der Waals surface area contributed by atoms with Gasteiger partial charge in [0.2, 0.25) is 11.8 Å². The van der Waals surface area contributed by atoms with Gasteiger partial charge < -0.3 is 16.0 Å². The molecule has 1 atom stereocenters.